The van der Waals surface area contributed by atoms with E-state index in [1.54, 1.807) is 0 Å². The highest BCUT2D eigenvalue weighted by Crippen LogP contribution is 2.44. The van der Waals surface area contributed by atoms with Crippen molar-refractivity contribution in [2.24, 2.45) is 0 Å². The Balaban J connectivity index is 1.03. The van der Waals surface area contributed by atoms with Crippen molar-refractivity contribution in [2.75, 3.05) is 21.4 Å². The van der Waals surface area contributed by atoms with Crippen LogP contribution in [0.15, 0.2) is 195 Å². The van der Waals surface area contributed by atoms with Gasteiger partial charge in [-0.2, -0.15) is 0 Å². The number of anilines is 5. The molecule has 3 aliphatic heterocycles. The van der Waals surface area contributed by atoms with E-state index in [0.29, 0.717) is 6.67 Å². The summed E-state index contributed by atoms with van der Waals surface area (Å²) in [7, 11) is 0. The van der Waals surface area contributed by atoms with Gasteiger partial charge in [0.25, 0.3) is 6.71 Å². The number of pyridine rings is 1. The van der Waals surface area contributed by atoms with Gasteiger partial charge in [-0.3, -0.25) is 4.98 Å². The van der Waals surface area contributed by atoms with Crippen molar-refractivity contribution >= 4 is 51.5 Å². The lowest BCUT2D eigenvalue weighted by atomic mass is 9.34. The van der Waals surface area contributed by atoms with Crippen LogP contribution >= 0.6 is 0 Å². The van der Waals surface area contributed by atoms with Crippen molar-refractivity contribution in [3.05, 3.63) is 200 Å². The van der Waals surface area contributed by atoms with Crippen molar-refractivity contribution in [1.29, 1.82) is 0 Å². The molecule has 6 heteroatoms. The van der Waals surface area contributed by atoms with Crippen molar-refractivity contribution < 1.29 is 4.74 Å². The van der Waals surface area contributed by atoms with Crippen LogP contribution in [0.1, 0.15) is 26.3 Å². The van der Waals surface area contributed by atoms with Crippen LogP contribution in [0.2, 0.25) is 0 Å². The molecule has 11 rings (SSSR count). The lowest BCUT2D eigenvalue weighted by Crippen LogP contribution is -2.59. The van der Waals surface area contributed by atoms with Crippen molar-refractivity contribution in [1.82, 2.24) is 4.98 Å². The van der Waals surface area contributed by atoms with Gasteiger partial charge in [-0.05, 0) is 105 Å². The first kappa shape index (κ1) is 35.8. The van der Waals surface area contributed by atoms with E-state index in [0.717, 1.165) is 51.0 Å². The summed E-state index contributed by atoms with van der Waals surface area (Å²) < 4.78 is 6.84. The molecule has 0 aliphatic carbocycles. The molecule has 7 aromatic carbocycles. The summed E-state index contributed by atoms with van der Waals surface area (Å²) in [4.78, 5) is 12.0. The van der Waals surface area contributed by atoms with Crippen molar-refractivity contribution in [2.45, 2.75) is 26.2 Å². The summed E-state index contributed by atoms with van der Waals surface area (Å²) in [5, 5.41) is 0. The van der Waals surface area contributed by atoms with E-state index in [2.05, 4.69) is 224 Å². The molecule has 8 aromatic rings. The number of hydrogen-bond acceptors (Lipinski definition) is 5. The fourth-order valence-corrected chi connectivity index (χ4v) is 9.21. The normalized spacial score (nSPS) is 13.8. The van der Waals surface area contributed by atoms with Crippen LogP contribution in [0.5, 0.6) is 11.5 Å². The van der Waals surface area contributed by atoms with Gasteiger partial charge < -0.3 is 19.4 Å². The van der Waals surface area contributed by atoms with E-state index in [4.69, 9.17) is 9.72 Å². The van der Waals surface area contributed by atoms with Crippen LogP contribution in [0, 0.1) is 0 Å². The zero-order chi connectivity index (χ0) is 40.4. The Bertz CT molecular complexity index is 2880. The van der Waals surface area contributed by atoms with E-state index in [9.17, 15) is 0 Å². The quantitative estimate of drug-likeness (QED) is 0.157. The summed E-state index contributed by atoms with van der Waals surface area (Å²) in [6.45, 7) is 7.36. The van der Waals surface area contributed by atoms with Crippen LogP contribution in [-0.4, -0.2) is 18.4 Å². The fourth-order valence-electron chi connectivity index (χ4n) is 9.21. The van der Waals surface area contributed by atoms with Gasteiger partial charge in [0.15, 0.2) is 0 Å². The van der Waals surface area contributed by atoms with Crippen LogP contribution in [0.25, 0.3) is 33.5 Å². The summed E-state index contributed by atoms with van der Waals surface area (Å²) >= 11 is 0. The van der Waals surface area contributed by atoms with Gasteiger partial charge >= 0.3 is 0 Å². The van der Waals surface area contributed by atoms with Gasteiger partial charge in [-0.25, -0.2) is 0 Å². The van der Waals surface area contributed by atoms with Gasteiger partial charge in [0.05, 0.1) is 18.1 Å². The molecular formula is C54H43BN4O. The SMILES string of the molecule is CC(C)(C)c1ccnc(-c2ccc3c(c2)B2c4cc(N5C=CN(c6c(-c7ccccc7)cccc6-c6ccccc6)C5)ccc4Oc4cccc(c42)N3c2ccccc2)c1. The molecule has 0 atom stereocenters. The average molecular weight is 775 g/mol. The van der Waals surface area contributed by atoms with Gasteiger partial charge in [-0.1, -0.05) is 136 Å². The van der Waals surface area contributed by atoms with E-state index in [1.807, 2.05) is 6.20 Å². The molecule has 0 spiro atoms. The summed E-state index contributed by atoms with van der Waals surface area (Å²) in [6.07, 6.45) is 6.37. The smallest absolute Gasteiger partial charge is 0.256 e. The molecule has 0 fully saturated rings. The molecule has 3 aliphatic rings. The second-order valence-corrected chi connectivity index (χ2v) is 16.9. The highest BCUT2D eigenvalue weighted by molar-refractivity contribution is 6.99. The number of nitrogens with zero attached hydrogens (tertiary/aromatic N) is 4. The molecule has 5 nitrogen and oxygen atoms in total. The first-order chi connectivity index (χ1) is 29.4. The minimum absolute atomic E-state index is 0.00619. The maximum Gasteiger partial charge on any atom is 0.256 e. The van der Waals surface area contributed by atoms with E-state index >= 15 is 0 Å². The summed E-state index contributed by atoms with van der Waals surface area (Å²) in [5.41, 5.74) is 17.4. The molecular weight excluding hydrogens is 731 g/mol. The van der Waals surface area contributed by atoms with Crippen LogP contribution in [0.4, 0.5) is 28.4 Å². The zero-order valence-electron chi connectivity index (χ0n) is 34.0. The number of fused-ring (bicyclic) bond motifs is 4. The van der Waals surface area contributed by atoms with E-state index in [-0.39, 0.29) is 12.1 Å². The molecule has 0 saturated heterocycles. The maximum absolute atomic E-state index is 6.84. The first-order valence-electron chi connectivity index (χ1n) is 20.8. The Morgan fingerprint density at radius 2 is 1.22 bits per heavy atom. The van der Waals surface area contributed by atoms with Crippen molar-refractivity contribution in [3.63, 3.8) is 0 Å². The number of para-hydroxylation sites is 2. The monoisotopic (exact) mass is 774 g/mol. The predicted octanol–water partition coefficient (Wildman–Crippen LogP) is 11.5. The van der Waals surface area contributed by atoms with Crippen LogP contribution < -0.4 is 35.8 Å². The van der Waals surface area contributed by atoms with Gasteiger partial charge in [0.1, 0.15) is 11.5 Å². The molecule has 0 amide bonds. The Labute approximate surface area is 352 Å². The molecule has 0 saturated carbocycles. The zero-order valence-corrected chi connectivity index (χ0v) is 34.0. The van der Waals surface area contributed by atoms with Gasteiger partial charge in [0, 0.05) is 52.5 Å². The first-order valence-corrected chi connectivity index (χ1v) is 20.8. The Hall–Kier alpha value is -7.31. The number of rotatable bonds is 6. The van der Waals surface area contributed by atoms with Crippen LogP contribution in [-0.2, 0) is 5.41 Å². The highest BCUT2D eigenvalue weighted by atomic mass is 16.5. The number of aromatic nitrogens is 1. The van der Waals surface area contributed by atoms with Crippen LogP contribution in [0.3, 0.4) is 0 Å². The Morgan fingerprint density at radius 3 is 1.93 bits per heavy atom. The number of benzene rings is 7. The van der Waals surface area contributed by atoms with E-state index in [1.165, 1.54) is 44.4 Å². The minimum Gasteiger partial charge on any atom is -0.458 e. The Kier molecular flexibility index (Phi) is 8.48. The predicted molar refractivity (Wildman–Crippen MR) is 251 cm³/mol. The average Bonchev–Trinajstić information content (AvgIpc) is 3.79. The second-order valence-electron chi connectivity index (χ2n) is 16.9. The third kappa shape index (κ3) is 6.06. The van der Waals surface area contributed by atoms with Crippen molar-refractivity contribution in [3.8, 4) is 45.0 Å². The lowest BCUT2D eigenvalue weighted by Gasteiger charge is -2.40. The lowest BCUT2D eigenvalue weighted by molar-refractivity contribution is 0.487. The second kappa shape index (κ2) is 14.2. The molecule has 0 radical (unpaired) electrons. The largest absolute Gasteiger partial charge is 0.458 e. The number of ether oxygens (including phenoxy) is 1. The Morgan fingerprint density at radius 1 is 0.533 bits per heavy atom. The fraction of sp³-hybridized carbons (Fsp3) is 0.0926. The molecule has 0 N–H and O–H groups in total. The summed E-state index contributed by atoms with van der Waals surface area (Å²) in [5.74, 6) is 1.77. The van der Waals surface area contributed by atoms with E-state index < -0.39 is 0 Å². The minimum atomic E-state index is -0.0632. The molecule has 60 heavy (non-hydrogen) atoms. The maximum atomic E-state index is 6.84. The molecule has 1 aromatic heterocycles. The molecule has 0 bridgehead atoms. The number of hydrogen-bond donors (Lipinski definition) is 0. The van der Waals surface area contributed by atoms with Gasteiger partial charge in [0.2, 0.25) is 0 Å². The highest BCUT2D eigenvalue weighted by Gasteiger charge is 2.42. The third-order valence-electron chi connectivity index (χ3n) is 12.2. The third-order valence-corrected chi connectivity index (χ3v) is 12.2. The van der Waals surface area contributed by atoms with Gasteiger partial charge in [-0.15, -0.1) is 0 Å². The topological polar surface area (TPSA) is 31.8 Å². The molecule has 0 unspecified atom stereocenters. The molecule has 4 heterocycles. The molecule has 288 valence electrons. The standard InChI is InChI=1S/C54H43BN4O/c1-54(2,3)40-29-30-56-47(34-40)39-25-27-48-45(33-39)55-46-35-42(26-28-50(46)60-51-24-14-23-49(52(51)55)59(48)41-19-11-6-12-20-41)57-31-32-58(36-57)53-43(37-15-7-4-8-16-37)21-13-22-44(53)38-17-9-5-10-18-38/h4-35H,36H2,1-3H3. The summed E-state index contributed by atoms with van der Waals surface area (Å²) in [6, 6.07) is 63.2.